The molecule has 1 N–H and O–H groups in total. The summed E-state index contributed by atoms with van der Waals surface area (Å²) in [6.07, 6.45) is 2.70. The van der Waals surface area contributed by atoms with E-state index >= 15 is 0 Å². The lowest BCUT2D eigenvalue weighted by atomic mass is 9.88. The molecule has 0 spiro atoms. The third kappa shape index (κ3) is 6.52. The van der Waals surface area contributed by atoms with Gasteiger partial charge >= 0.3 is 11.9 Å². The second kappa shape index (κ2) is 11.3. The Morgan fingerprint density at radius 3 is 2.66 bits per heavy atom. The summed E-state index contributed by atoms with van der Waals surface area (Å²) in [4.78, 5) is 39.6. The van der Waals surface area contributed by atoms with Crippen molar-refractivity contribution >= 4 is 34.2 Å². The van der Waals surface area contributed by atoms with Gasteiger partial charge in [0.1, 0.15) is 5.00 Å². The number of thiophene rings is 1. The number of esters is 2. The van der Waals surface area contributed by atoms with Crippen LogP contribution >= 0.6 is 11.3 Å². The average Bonchev–Trinajstić information content (AvgIpc) is 3.02. The minimum atomic E-state index is -0.435. The Kier molecular flexibility index (Phi) is 9.06. The second-order valence-corrected chi connectivity index (χ2v) is 8.21. The molecule has 1 amide bonds. The van der Waals surface area contributed by atoms with Crippen molar-refractivity contribution in [2.24, 2.45) is 5.92 Å². The summed E-state index contributed by atoms with van der Waals surface area (Å²) in [6, 6.07) is 0. The van der Waals surface area contributed by atoms with Crippen molar-refractivity contribution in [1.29, 1.82) is 0 Å². The van der Waals surface area contributed by atoms with Crippen LogP contribution in [0.3, 0.4) is 0 Å². The van der Waals surface area contributed by atoms with E-state index in [2.05, 4.69) is 12.2 Å². The van der Waals surface area contributed by atoms with Gasteiger partial charge in [-0.15, -0.1) is 11.3 Å². The Labute approximate surface area is 175 Å². The fourth-order valence-corrected chi connectivity index (χ4v) is 4.76. The first-order valence-corrected chi connectivity index (χ1v) is 10.6. The van der Waals surface area contributed by atoms with Gasteiger partial charge in [0.05, 0.1) is 39.0 Å². The molecule has 1 aliphatic carbocycles. The molecule has 0 aliphatic heterocycles. The smallest absolute Gasteiger partial charge is 0.341 e. The number of carbonyl (C=O) groups excluding carboxylic acids is 3. The zero-order valence-electron chi connectivity index (χ0n) is 17.5. The van der Waals surface area contributed by atoms with E-state index in [1.165, 1.54) is 18.4 Å². The van der Waals surface area contributed by atoms with Crippen LogP contribution in [-0.4, -0.2) is 69.8 Å². The van der Waals surface area contributed by atoms with E-state index in [-0.39, 0.29) is 25.6 Å². The molecule has 0 saturated carbocycles. The molecule has 0 aromatic carbocycles. The number of fused-ring (bicyclic) bond motifs is 1. The number of carbonyl (C=O) groups is 3. The lowest BCUT2D eigenvalue weighted by molar-refractivity contribution is -0.144. The van der Waals surface area contributed by atoms with Crippen LogP contribution in [0.25, 0.3) is 0 Å². The van der Waals surface area contributed by atoms with Crippen LogP contribution < -0.4 is 5.32 Å². The Morgan fingerprint density at radius 1 is 1.24 bits per heavy atom. The molecule has 8 nitrogen and oxygen atoms in total. The number of anilines is 1. The Hall–Kier alpha value is -1.97. The molecule has 0 fully saturated rings. The molecule has 0 bridgehead atoms. The van der Waals surface area contributed by atoms with Crippen LogP contribution in [0.2, 0.25) is 0 Å². The van der Waals surface area contributed by atoms with E-state index in [0.717, 1.165) is 29.7 Å². The molecule has 29 heavy (non-hydrogen) atoms. The number of methoxy groups -OCH3 is 2. The molecule has 1 atom stereocenters. The molecule has 162 valence electrons. The van der Waals surface area contributed by atoms with Crippen LogP contribution in [0.1, 0.15) is 41.1 Å². The largest absolute Gasteiger partial charge is 0.465 e. The number of ether oxygens (including phenoxy) is 3. The first-order chi connectivity index (χ1) is 13.9. The van der Waals surface area contributed by atoms with E-state index in [9.17, 15) is 14.4 Å². The molecule has 9 heteroatoms. The van der Waals surface area contributed by atoms with Gasteiger partial charge in [0.2, 0.25) is 5.91 Å². The van der Waals surface area contributed by atoms with Crippen molar-refractivity contribution in [3.8, 4) is 0 Å². The maximum atomic E-state index is 12.7. The molecule has 2 rings (SSSR count). The van der Waals surface area contributed by atoms with E-state index in [1.807, 2.05) is 0 Å². The van der Waals surface area contributed by atoms with Crippen molar-refractivity contribution in [2.45, 2.75) is 33.1 Å². The maximum absolute atomic E-state index is 12.7. The third-order valence-electron chi connectivity index (χ3n) is 4.79. The Bertz CT molecular complexity index is 733. The van der Waals surface area contributed by atoms with Gasteiger partial charge in [0, 0.05) is 18.5 Å². The summed E-state index contributed by atoms with van der Waals surface area (Å²) in [6.45, 7) is 4.97. The monoisotopic (exact) mass is 426 g/mol. The SMILES string of the molecule is CCOC(=O)CN(CCOC)CC(=O)Nc1sc2c(c1C(=O)OC)CCC(C)C2. The lowest BCUT2D eigenvalue weighted by Crippen LogP contribution is -2.39. The molecule has 1 aromatic rings. The molecule has 1 aliphatic rings. The van der Waals surface area contributed by atoms with Gasteiger partial charge in [0.25, 0.3) is 0 Å². The summed E-state index contributed by atoms with van der Waals surface area (Å²) < 4.78 is 15.0. The molecule has 0 saturated heterocycles. The normalized spacial score (nSPS) is 15.7. The van der Waals surface area contributed by atoms with E-state index in [1.54, 1.807) is 18.9 Å². The van der Waals surface area contributed by atoms with Crippen molar-refractivity contribution in [3.63, 3.8) is 0 Å². The summed E-state index contributed by atoms with van der Waals surface area (Å²) in [5.41, 5.74) is 1.44. The summed E-state index contributed by atoms with van der Waals surface area (Å²) in [5.74, 6) is -0.589. The predicted octanol–water partition coefficient (Wildman–Crippen LogP) is 2.11. The highest BCUT2D eigenvalue weighted by molar-refractivity contribution is 7.17. The summed E-state index contributed by atoms with van der Waals surface area (Å²) in [7, 11) is 2.90. The molecule has 1 aromatic heterocycles. The minimum Gasteiger partial charge on any atom is -0.465 e. The van der Waals surface area contributed by atoms with Gasteiger partial charge in [0.15, 0.2) is 0 Å². The van der Waals surface area contributed by atoms with Crippen molar-refractivity contribution in [1.82, 2.24) is 4.90 Å². The molecular formula is C20H30N2O6S. The highest BCUT2D eigenvalue weighted by Crippen LogP contribution is 2.40. The number of rotatable bonds is 10. The van der Waals surface area contributed by atoms with Gasteiger partial charge in [-0.2, -0.15) is 0 Å². The molecule has 0 radical (unpaired) electrons. The van der Waals surface area contributed by atoms with Crippen LogP contribution in [0, 0.1) is 5.92 Å². The minimum absolute atomic E-state index is 0.00701. The van der Waals surface area contributed by atoms with Gasteiger partial charge < -0.3 is 19.5 Å². The van der Waals surface area contributed by atoms with Crippen LogP contribution in [0.15, 0.2) is 0 Å². The number of nitrogens with one attached hydrogen (secondary N) is 1. The van der Waals surface area contributed by atoms with Gasteiger partial charge in [-0.25, -0.2) is 4.79 Å². The van der Waals surface area contributed by atoms with E-state index in [4.69, 9.17) is 14.2 Å². The summed E-state index contributed by atoms with van der Waals surface area (Å²) in [5, 5.41) is 3.37. The highest BCUT2D eigenvalue weighted by Gasteiger charge is 2.29. The Morgan fingerprint density at radius 2 is 2.00 bits per heavy atom. The van der Waals surface area contributed by atoms with Crippen LogP contribution in [0.4, 0.5) is 5.00 Å². The van der Waals surface area contributed by atoms with Gasteiger partial charge in [-0.1, -0.05) is 6.92 Å². The quantitative estimate of drug-likeness (QED) is 0.573. The van der Waals surface area contributed by atoms with Crippen LogP contribution in [-0.2, 0) is 36.6 Å². The Balaban J connectivity index is 2.13. The standard InChI is InChI=1S/C20H30N2O6S/c1-5-28-17(24)12-22(8-9-26-3)11-16(23)21-19-18(20(25)27-4)14-7-6-13(2)10-15(14)29-19/h13H,5-12H2,1-4H3,(H,21,23). The maximum Gasteiger partial charge on any atom is 0.341 e. The highest BCUT2D eigenvalue weighted by atomic mass is 32.1. The zero-order chi connectivity index (χ0) is 21.4. The second-order valence-electron chi connectivity index (χ2n) is 7.10. The molecule has 1 unspecified atom stereocenters. The number of hydrogen-bond acceptors (Lipinski definition) is 8. The first kappa shape index (κ1) is 23.3. The summed E-state index contributed by atoms with van der Waals surface area (Å²) >= 11 is 1.44. The van der Waals surface area contributed by atoms with Crippen molar-refractivity contribution in [3.05, 3.63) is 16.0 Å². The van der Waals surface area contributed by atoms with Gasteiger partial charge in [-0.05, 0) is 37.7 Å². The number of nitrogens with zero attached hydrogens (tertiary/aromatic N) is 1. The third-order valence-corrected chi connectivity index (χ3v) is 5.96. The lowest BCUT2D eigenvalue weighted by Gasteiger charge is -2.20. The fourth-order valence-electron chi connectivity index (χ4n) is 3.35. The number of hydrogen-bond donors (Lipinski definition) is 1. The van der Waals surface area contributed by atoms with Crippen molar-refractivity contribution < 1.29 is 28.6 Å². The molecular weight excluding hydrogens is 396 g/mol. The average molecular weight is 427 g/mol. The topological polar surface area (TPSA) is 94.2 Å². The fraction of sp³-hybridized carbons (Fsp3) is 0.650. The number of amides is 1. The van der Waals surface area contributed by atoms with Crippen molar-refractivity contribution in [2.75, 3.05) is 52.4 Å². The zero-order valence-corrected chi connectivity index (χ0v) is 18.4. The van der Waals surface area contributed by atoms with E-state index < -0.39 is 11.9 Å². The predicted molar refractivity (Wildman–Crippen MR) is 110 cm³/mol. The van der Waals surface area contributed by atoms with E-state index in [0.29, 0.717) is 29.6 Å². The molecule has 1 heterocycles. The first-order valence-electron chi connectivity index (χ1n) is 9.79. The van der Waals surface area contributed by atoms with Crippen LogP contribution in [0.5, 0.6) is 0 Å². The van der Waals surface area contributed by atoms with Gasteiger partial charge in [-0.3, -0.25) is 14.5 Å².